The molecule has 0 saturated heterocycles. The Balaban J connectivity index is 2.52. The molecule has 0 saturated carbocycles. The van der Waals surface area contributed by atoms with Gasteiger partial charge in [0.25, 0.3) is 0 Å². The maximum absolute atomic E-state index is 12.0. The minimum atomic E-state index is -3.70. The highest BCUT2D eigenvalue weighted by Gasteiger charge is 2.18. The Hall–Kier alpha value is -2.13. The van der Waals surface area contributed by atoms with Gasteiger partial charge in [-0.2, -0.15) is 0 Å². The van der Waals surface area contributed by atoms with Crippen molar-refractivity contribution in [1.82, 2.24) is 10.6 Å². The number of primary sulfonamides is 1. The molecule has 0 radical (unpaired) electrons. The van der Waals surface area contributed by atoms with Crippen molar-refractivity contribution >= 4 is 22.0 Å². The Labute approximate surface area is 135 Å². The number of carbonyl (C=O) groups excluding carboxylic acids is 2. The quantitative estimate of drug-likeness (QED) is 0.519. The minimum Gasteiger partial charge on any atom is -0.354 e. The number of rotatable bonds is 8. The summed E-state index contributed by atoms with van der Waals surface area (Å²) in [4.78, 5) is 22.9. The maximum Gasteiger partial charge on any atom is 0.312 e. The smallest absolute Gasteiger partial charge is 0.312 e. The number of carbonyl (C=O) groups is 2. The van der Waals surface area contributed by atoms with Crippen LogP contribution in [0.5, 0.6) is 0 Å². The number of hydrogen-bond donors (Lipinski definition) is 4. The number of nitrogens with one attached hydrogen (secondary N) is 2. The number of sulfonamides is 1. The lowest BCUT2D eigenvalue weighted by Gasteiger charge is -2.16. The molecule has 1 rings (SSSR count). The van der Waals surface area contributed by atoms with Gasteiger partial charge in [-0.25, -0.2) is 18.4 Å². The van der Waals surface area contributed by atoms with E-state index in [1.54, 1.807) is 12.1 Å². The second kappa shape index (κ2) is 8.49. The summed E-state index contributed by atoms with van der Waals surface area (Å²) in [7, 11) is -3.70. The van der Waals surface area contributed by atoms with Crippen LogP contribution in [0.15, 0.2) is 29.2 Å². The van der Waals surface area contributed by atoms with Crippen LogP contribution in [-0.4, -0.2) is 32.9 Å². The maximum atomic E-state index is 12.0. The molecule has 0 aliphatic heterocycles. The topological polar surface area (TPSA) is 144 Å². The van der Waals surface area contributed by atoms with Gasteiger partial charge in [-0.15, -0.1) is 0 Å². The van der Waals surface area contributed by atoms with Crippen molar-refractivity contribution in [3.05, 3.63) is 29.8 Å². The van der Waals surface area contributed by atoms with E-state index in [4.69, 9.17) is 10.9 Å². The van der Waals surface area contributed by atoms with Gasteiger partial charge in [-0.1, -0.05) is 25.5 Å². The van der Waals surface area contributed by atoms with Crippen molar-refractivity contribution in [2.24, 2.45) is 10.9 Å². The molecule has 1 aromatic carbocycles. The van der Waals surface area contributed by atoms with Crippen molar-refractivity contribution in [2.75, 3.05) is 6.54 Å². The number of hydrogen-bond acceptors (Lipinski definition) is 4. The largest absolute Gasteiger partial charge is 0.354 e. The van der Waals surface area contributed by atoms with E-state index in [0.717, 1.165) is 12.0 Å². The summed E-state index contributed by atoms with van der Waals surface area (Å²) < 4.78 is 22.3. The molecule has 0 bridgehead atoms. The van der Waals surface area contributed by atoms with Gasteiger partial charge in [0.15, 0.2) is 0 Å². The third kappa shape index (κ3) is 6.66. The highest BCUT2D eigenvalue weighted by atomic mass is 32.2. The summed E-state index contributed by atoms with van der Waals surface area (Å²) in [5.41, 5.74) is 5.90. The molecule has 1 atom stereocenters. The molecule has 0 aliphatic rings. The van der Waals surface area contributed by atoms with E-state index in [9.17, 15) is 18.0 Å². The van der Waals surface area contributed by atoms with Crippen LogP contribution in [0.1, 0.15) is 25.3 Å². The van der Waals surface area contributed by atoms with Gasteiger partial charge in [-0.3, -0.25) is 4.79 Å². The average molecular weight is 342 g/mol. The molecule has 0 heterocycles. The Morgan fingerprint density at radius 3 is 2.30 bits per heavy atom. The Kier molecular flexibility index (Phi) is 6.98. The summed E-state index contributed by atoms with van der Waals surface area (Å²) in [6, 6.07) is 4.72. The predicted molar refractivity (Wildman–Crippen MR) is 85.9 cm³/mol. The van der Waals surface area contributed by atoms with Crippen LogP contribution in [-0.2, 0) is 21.2 Å². The lowest BCUT2D eigenvalue weighted by Crippen LogP contribution is -2.48. The first-order chi connectivity index (χ1) is 10.7. The van der Waals surface area contributed by atoms with Gasteiger partial charge in [0, 0.05) is 6.54 Å². The zero-order valence-electron chi connectivity index (χ0n) is 12.9. The fraction of sp³-hybridized carbons (Fsp3) is 0.429. The van der Waals surface area contributed by atoms with Gasteiger partial charge in [0.2, 0.25) is 15.9 Å². The van der Waals surface area contributed by atoms with E-state index in [2.05, 4.69) is 10.6 Å². The van der Waals surface area contributed by atoms with Gasteiger partial charge < -0.3 is 16.4 Å². The van der Waals surface area contributed by atoms with Gasteiger partial charge in [0.05, 0.1) is 4.90 Å². The van der Waals surface area contributed by atoms with E-state index in [0.29, 0.717) is 19.4 Å². The minimum absolute atomic E-state index is 0.0407. The molecule has 128 valence electrons. The van der Waals surface area contributed by atoms with Crippen molar-refractivity contribution < 1.29 is 18.0 Å². The van der Waals surface area contributed by atoms with Crippen LogP contribution in [0.4, 0.5) is 4.79 Å². The van der Waals surface area contributed by atoms with Crippen LogP contribution in [0, 0.1) is 0 Å². The molecular formula is C14H22N4O4S. The fourth-order valence-corrected chi connectivity index (χ4v) is 2.54. The van der Waals surface area contributed by atoms with Crippen LogP contribution in [0.3, 0.4) is 0 Å². The zero-order valence-corrected chi connectivity index (χ0v) is 13.7. The molecule has 9 heteroatoms. The molecular weight excluding hydrogens is 320 g/mol. The number of urea groups is 1. The van der Waals surface area contributed by atoms with Crippen molar-refractivity contribution in [1.29, 1.82) is 0 Å². The zero-order chi connectivity index (χ0) is 17.5. The summed E-state index contributed by atoms with van der Waals surface area (Å²) >= 11 is 0. The van der Waals surface area contributed by atoms with Gasteiger partial charge in [-0.05, 0) is 30.5 Å². The average Bonchev–Trinajstić information content (AvgIpc) is 2.46. The van der Waals surface area contributed by atoms with Crippen LogP contribution in [0.2, 0.25) is 0 Å². The third-order valence-corrected chi connectivity index (χ3v) is 4.10. The molecule has 1 unspecified atom stereocenters. The first-order valence-corrected chi connectivity index (χ1v) is 8.74. The lowest BCUT2D eigenvalue weighted by atomic mass is 10.1. The standard InChI is InChI=1S/C14H22N4O4S/c1-2-3-12(18-14(15)20)13(19)17-9-8-10-4-6-11(7-5-10)23(16,21)22/h4-7,12H,2-3,8-9H2,1H3,(H,17,19)(H3,15,18,20)(H2,16,21,22). The molecule has 23 heavy (non-hydrogen) atoms. The molecule has 8 nitrogen and oxygen atoms in total. The molecule has 6 N–H and O–H groups in total. The Morgan fingerprint density at radius 2 is 1.83 bits per heavy atom. The molecule has 3 amide bonds. The van der Waals surface area contributed by atoms with Crippen LogP contribution in [0.25, 0.3) is 0 Å². The first kappa shape index (κ1) is 18.9. The second-order valence-electron chi connectivity index (χ2n) is 5.08. The number of amides is 3. The molecule has 0 aromatic heterocycles. The van der Waals surface area contributed by atoms with E-state index in [1.165, 1.54) is 12.1 Å². The third-order valence-electron chi connectivity index (χ3n) is 3.18. The summed E-state index contributed by atoms with van der Waals surface area (Å²) in [6.07, 6.45) is 1.75. The normalized spacial score (nSPS) is 12.4. The monoisotopic (exact) mass is 342 g/mol. The SMILES string of the molecule is CCCC(NC(N)=O)C(=O)NCCc1ccc(S(N)(=O)=O)cc1. The number of nitrogens with two attached hydrogens (primary N) is 2. The summed E-state index contributed by atoms with van der Waals surface area (Å²) in [5.74, 6) is -0.299. The summed E-state index contributed by atoms with van der Waals surface area (Å²) in [5, 5.41) is 10.1. The van der Waals surface area contributed by atoms with E-state index in [1.807, 2.05) is 6.92 Å². The Morgan fingerprint density at radius 1 is 1.22 bits per heavy atom. The van der Waals surface area contributed by atoms with Gasteiger partial charge in [0.1, 0.15) is 6.04 Å². The molecule has 0 fully saturated rings. The highest BCUT2D eigenvalue weighted by molar-refractivity contribution is 7.89. The second-order valence-corrected chi connectivity index (χ2v) is 6.64. The number of benzene rings is 1. The first-order valence-electron chi connectivity index (χ1n) is 7.19. The molecule has 0 spiro atoms. The predicted octanol–water partition coefficient (Wildman–Crippen LogP) is -0.170. The Bertz CT molecular complexity index is 643. The number of primary amides is 1. The molecule has 0 aliphatic carbocycles. The summed E-state index contributed by atoms with van der Waals surface area (Å²) in [6.45, 7) is 2.25. The van der Waals surface area contributed by atoms with Crippen LogP contribution < -0.4 is 21.5 Å². The molecule has 1 aromatic rings. The fourth-order valence-electron chi connectivity index (χ4n) is 2.03. The van der Waals surface area contributed by atoms with Crippen molar-refractivity contribution in [3.8, 4) is 0 Å². The van der Waals surface area contributed by atoms with Crippen molar-refractivity contribution in [3.63, 3.8) is 0 Å². The lowest BCUT2D eigenvalue weighted by molar-refractivity contribution is -0.123. The van der Waals surface area contributed by atoms with E-state index < -0.39 is 22.1 Å². The van der Waals surface area contributed by atoms with E-state index in [-0.39, 0.29) is 10.8 Å². The van der Waals surface area contributed by atoms with Gasteiger partial charge >= 0.3 is 6.03 Å². The van der Waals surface area contributed by atoms with E-state index >= 15 is 0 Å². The van der Waals surface area contributed by atoms with Crippen molar-refractivity contribution in [2.45, 2.75) is 37.1 Å². The van der Waals surface area contributed by atoms with Crippen LogP contribution >= 0.6 is 0 Å². The highest BCUT2D eigenvalue weighted by Crippen LogP contribution is 2.09.